The summed E-state index contributed by atoms with van der Waals surface area (Å²) in [5.41, 5.74) is 2.44. The molecule has 0 atom stereocenters. The number of fused-ring (bicyclic) bond motifs is 1. The molecule has 0 aliphatic heterocycles. The van der Waals surface area contributed by atoms with Gasteiger partial charge in [0.25, 0.3) is 5.91 Å². The highest BCUT2D eigenvalue weighted by Crippen LogP contribution is 2.24. The molecule has 0 spiro atoms. The van der Waals surface area contributed by atoms with Crippen LogP contribution >= 0.6 is 22.7 Å². The Morgan fingerprint density at radius 2 is 2.04 bits per heavy atom. The van der Waals surface area contributed by atoms with Gasteiger partial charge >= 0.3 is 0 Å². The summed E-state index contributed by atoms with van der Waals surface area (Å²) < 4.78 is 1.86. The van der Waals surface area contributed by atoms with Gasteiger partial charge in [0.05, 0.1) is 12.2 Å². The lowest BCUT2D eigenvalue weighted by Crippen LogP contribution is -2.26. The van der Waals surface area contributed by atoms with E-state index in [1.165, 1.54) is 11.3 Å². The molecule has 0 unspecified atom stereocenters. The van der Waals surface area contributed by atoms with Gasteiger partial charge < -0.3 is 4.90 Å². The largest absolute Gasteiger partial charge is 0.334 e. The molecule has 1 amide bonds. The van der Waals surface area contributed by atoms with Gasteiger partial charge in [-0.3, -0.25) is 9.20 Å². The van der Waals surface area contributed by atoms with Gasteiger partial charge in [0.1, 0.15) is 10.7 Å². The number of imidazole rings is 1. The second-order valence-corrected chi connectivity index (χ2v) is 7.12. The minimum atomic E-state index is -0.0971. The monoisotopic (exact) mass is 354 g/mol. The lowest BCUT2D eigenvalue weighted by molar-refractivity contribution is 0.0778. The van der Waals surface area contributed by atoms with E-state index in [-0.39, 0.29) is 5.91 Å². The van der Waals surface area contributed by atoms with E-state index < -0.39 is 0 Å². The van der Waals surface area contributed by atoms with Crippen LogP contribution in [-0.2, 0) is 6.54 Å². The Labute approximate surface area is 146 Å². The first-order valence-corrected chi connectivity index (χ1v) is 9.14. The van der Waals surface area contributed by atoms with Crippen molar-refractivity contribution in [2.45, 2.75) is 6.54 Å². The van der Waals surface area contributed by atoms with Crippen LogP contribution < -0.4 is 0 Å². The Kier molecular flexibility index (Phi) is 3.87. The van der Waals surface area contributed by atoms with Gasteiger partial charge in [-0.05, 0) is 0 Å². The molecule has 120 valence electrons. The molecule has 0 bridgehead atoms. The van der Waals surface area contributed by atoms with Gasteiger partial charge in [-0.1, -0.05) is 30.3 Å². The van der Waals surface area contributed by atoms with Gasteiger partial charge in [-0.15, -0.1) is 22.7 Å². The van der Waals surface area contributed by atoms with E-state index >= 15 is 0 Å². The summed E-state index contributed by atoms with van der Waals surface area (Å²) in [7, 11) is 1.78. The lowest BCUT2D eigenvalue weighted by atomic mass is 10.2. The molecule has 4 aromatic rings. The summed E-state index contributed by atoms with van der Waals surface area (Å²) in [5.74, 6) is -0.0971. The summed E-state index contributed by atoms with van der Waals surface area (Å²) in [6.07, 6.45) is 3.66. The van der Waals surface area contributed by atoms with Crippen LogP contribution in [0.2, 0.25) is 0 Å². The van der Waals surface area contributed by atoms with E-state index in [1.807, 2.05) is 51.7 Å². The second kappa shape index (κ2) is 6.18. The second-order valence-electron chi connectivity index (χ2n) is 5.39. The van der Waals surface area contributed by atoms with E-state index in [0.717, 1.165) is 21.2 Å². The normalized spacial score (nSPS) is 11.0. The van der Waals surface area contributed by atoms with Crippen molar-refractivity contribution in [3.05, 3.63) is 64.9 Å². The number of carbonyl (C=O) groups excluding carboxylic acids is 1. The first-order chi connectivity index (χ1) is 11.7. The molecule has 3 aromatic heterocycles. The Morgan fingerprint density at radius 3 is 2.83 bits per heavy atom. The third-order valence-corrected chi connectivity index (χ3v) is 5.34. The van der Waals surface area contributed by atoms with Crippen LogP contribution in [0.3, 0.4) is 0 Å². The van der Waals surface area contributed by atoms with E-state index in [0.29, 0.717) is 12.2 Å². The van der Waals surface area contributed by atoms with Crippen LogP contribution in [0.15, 0.2) is 53.5 Å². The van der Waals surface area contributed by atoms with Crippen LogP contribution in [0, 0.1) is 0 Å². The molecule has 3 heterocycles. The maximum Gasteiger partial charge on any atom is 0.274 e. The molecule has 0 fully saturated rings. The molecule has 0 N–H and O–H groups in total. The minimum Gasteiger partial charge on any atom is -0.334 e. The first-order valence-electron chi connectivity index (χ1n) is 7.38. The maximum absolute atomic E-state index is 12.5. The predicted molar refractivity (Wildman–Crippen MR) is 96.4 cm³/mol. The quantitative estimate of drug-likeness (QED) is 0.560. The fourth-order valence-corrected chi connectivity index (χ4v) is 3.95. The van der Waals surface area contributed by atoms with Crippen molar-refractivity contribution in [1.82, 2.24) is 19.3 Å². The smallest absolute Gasteiger partial charge is 0.274 e. The highest BCUT2D eigenvalue weighted by molar-refractivity contribution is 7.15. The number of aromatic nitrogens is 3. The Balaban J connectivity index is 1.49. The summed E-state index contributed by atoms with van der Waals surface area (Å²) in [5, 5.41) is 4.91. The number of carbonyl (C=O) groups is 1. The van der Waals surface area contributed by atoms with Crippen molar-refractivity contribution >= 4 is 33.5 Å². The average Bonchev–Trinajstić information content (AvgIpc) is 3.30. The van der Waals surface area contributed by atoms with E-state index in [9.17, 15) is 4.79 Å². The van der Waals surface area contributed by atoms with Crippen LogP contribution in [0.4, 0.5) is 0 Å². The molecule has 0 saturated carbocycles. The van der Waals surface area contributed by atoms with Gasteiger partial charge in [0, 0.05) is 35.8 Å². The topological polar surface area (TPSA) is 50.5 Å². The highest BCUT2D eigenvalue weighted by atomic mass is 32.1. The van der Waals surface area contributed by atoms with E-state index in [2.05, 4.69) is 9.97 Å². The minimum absolute atomic E-state index is 0.0971. The zero-order valence-electron chi connectivity index (χ0n) is 12.9. The van der Waals surface area contributed by atoms with Crippen LogP contribution in [0.5, 0.6) is 0 Å². The third-order valence-electron chi connectivity index (χ3n) is 3.63. The van der Waals surface area contributed by atoms with Gasteiger partial charge in [0.2, 0.25) is 0 Å². The fraction of sp³-hybridized carbons (Fsp3) is 0.118. The van der Waals surface area contributed by atoms with Crippen LogP contribution in [-0.4, -0.2) is 32.2 Å². The predicted octanol–water partition coefficient (Wildman–Crippen LogP) is 3.79. The zero-order valence-corrected chi connectivity index (χ0v) is 14.5. The van der Waals surface area contributed by atoms with Crippen molar-refractivity contribution in [1.29, 1.82) is 0 Å². The van der Waals surface area contributed by atoms with Gasteiger partial charge in [-0.25, -0.2) is 9.97 Å². The number of nitrogens with zero attached hydrogens (tertiary/aromatic N) is 4. The van der Waals surface area contributed by atoms with E-state index in [1.54, 1.807) is 29.5 Å². The number of amides is 1. The molecule has 5 nitrogen and oxygen atoms in total. The number of rotatable bonds is 4. The first kappa shape index (κ1) is 15.0. The molecular weight excluding hydrogens is 340 g/mol. The van der Waals surface area contributed by atoms with E-state index in [4.69, 9.17) is 0 Å². The molecular formula is C17H14N4OS2. The van der Waals surface area contributed by atoms with Crippen molar-refractivity contribution in [3.8, 4) is 10.6 Å². The average molecular weight is 354 g/mol. The summed E-state index contributed by atoms with van der Waals surface area (Å²) in [4.78, 5) is 24.0. The summed E-state index contributed by atoms with van der Waals surface area (Å²) >= 11 is 3.10. The standard InChI is InChI=1S/C17H14N4OS2/c1-20(16(22)14-10-21-7-8-23-17(21)19-14)9-13-11-24-15(18-13)12-5-3-2-4-6-12/h2-8,10-11H,9H2,1H3. The van der Waals surface area contributed by atoms with Crippen LogP contribution in [0.1, 0.15) is 16.2 Å². The number of hydrogen-bond donors (Lipinski definition) is 0. The van der Waals surface area contributed by atoms with Gasteiger partial charge in [0.15, 0.2) is 4.96 Å². The SMILES string of the molecule is CN(Cc1csc(-c2ccccc2)n1)C(=O)c1cn2ccsc2n1. The van der Waals surface area contributed by atoms with Crippen LogP contribution in [0.25, 0.3) is 15.5 Å². The Bertz CT molecular complexity index is 958. The van der Waals surface area contributed by atoms with Crippen molar-refractivity contribution in [2.75, 3.05) is 7.05 Å². The molecule has 0 saturated heterocycles. The molecule has 0 aliphatic rings. The molecule has 7 heteroatoms. The Morgan fingerprint density at radius 1 is 1.21 bits per heavy atom. The number of benzene rings is 1. The fourth-order valence-electron chi connectivity index (χ4n) is 2.43. The van der Waals surface area contributed by atoms with Crippen molar-refractivity contribution in [2.24, 2.45) is 0 Å². The summed E-state index contributed by atoms with van der Waals surface area (Å²) in [6.45, 7) is 0.466. The molecule has 24 heavy (non-hydrogen) atoms. The van der Waals surface area contributed by atoms with Crippen molar-refractivity contribution in [3.63, 3.8) is 0 Å². The zero-order chi connectivity index (χ0) is 16.5. The number of hydrogen-bond acceptors (Lipinski definition) is 5. The molecule has 1 aromatic carbocycles. The number of thiazole rings is 2. The highest BCUT2D eigenvalue weighted by Gasteiger charge is 2.17. The Hall–Kier alpha value is -2.51. The lowest BCUT2D eigenvalue weighted by Gasteiger charge is -2.14. The molecule has 0 radical (unpaired) electrons. The molecule has 4 rings (SSSR count). The van der Waals surface area contributed by atoms with Crippen molar-refractivity contribution < 1.29 is 4.79 Å². The summed E-state index contributed by atoms with van der Waals surface area (Å²) in [6, 6.07) is 10.1. The third kappa shape index (κ3) is 2.83. The maximum atomic E-state index is 12.5. The van der Waals surface area contributed by atoms with Gasteiger partial charge in [-0.2, -0.15) is 0 Å². The molecule has 0 aliphatic carbocycles.